The van der Waals surface area contributed by atoms with E-state index in [1.165, 1.54) is 12.1 Å². The summed E-state index contributed by atoms with van der Waals surface area (Å²) in [4.78, 5) is 24.4. The molecule has 1 aromatic heterocycles. The van der Waals surface area contributed by atoms with Crippen molar-refractivity contribution in [1.29, 1.82) is 0 Å². The number of carbonyl (C=O) groups is 2. The Balaban J connectivity index is 1.74. The third kappa shape index (κ3) is 5.18. The van der Waals surface area contributed by atoms with Crippen LogP contribution in [0.3, 0.4) is 0 Å². The molecule has 7 nitrogen and oxygen atoms in total. The Morgan fingerprint density at radius 1 is 0.974 bits per heavy atom. The SMILES string of the molecule is CCc1cccc(-c2c(C(=O)O)ccc(C)c2C(=O)O)c1COc1ccc(-c2ccn(C(C)C)n2)cc1C. The van der Waals surface area contributed by atoms with Gasteiger partial charge in [-0.05, 0) is 86.7 Å². The summed E-state index contributed by atoms with van der Waals surface area (Å²) in [5, 5.41) is 24.5. The lowest BCUT2D eigenvalue weighted by Gasteiger charge is -2.20. The van der Waals surface area contributed by atoms with Crippen LogP contribution < -0.4 is 4.74 Å². The number of benzene rings is 3. The van der Waals surface area contributed by atoms with E-state index in [1.807, 2.05) is 61.1 Å². The molecule has 0 fully saturated rings. The van der Waals surface area contributed by atoms with Crippen LogP contribution in [0, 0.1) is 13.8 Å². The number of rotatable bonds is 9. The number of aryl methyl sites for hydroxylation is 3. The van der Waals surface area contributed by atoms with Crippen molar-refractivity contribution in [3.05, 3.63) is 94.2 Å². The molecule has 0 unspecified atom stereocenters. The first kappa shape index (κ1) is 26.7. The largest absolute Gasteiger partial charge is 0.489 e. The number of aromatic carboxylic acids is 2. The fourth-order valence-electron chi connectivity index (χ4n) is 4.71. The molecule has 0 spiro atoms. The minimum Gasteiger partial charge on any atom is -0.489 e. The summed E-state index contributed by atoms with van der Waals surface area (Å²) in [5.41, 5.74) is 5.72. The van der Waals surface area contributed by atoms with Gasteiger partial charge in [0, 0.05) is 28.9 Å². The Bertz CT molecular complexity index is 1520. The Morgan fingerprint density at radius 2 is 1.74 bits per heavy atom. The number of aromatic nitrogens is 2. The number of carboxylic acids is 2. The van der Waals surface area contributed by atoms with Crippen molar-refractivity contribution in [3.8, 4) is 28.1 Å². The van der Waals surface area contributed by atoms with Crippen LogP contribution in [0.25, 0.3) is 22.4 Å². The molecule has 196 valence electrons. The van der Waals surface area contributed by atoms with Crippen LogP contribution in [-0.4, -0.2) is 31.9 Å². The second-order valence-corrected chi connectivity index (χ2v) is 9.63. The van der Waals surface area contributed by atoms with Crippen molar-refractivity contribution < 1.29 is 24.5 Å². The number of ether oxygens (including phenoxy) is 1. The predicted octanol–water partition coefficient (Wildman–Crippen LogP) is 6.95. The third-order valence-electron chi connectivity index (χ3n) is 6.76. The van der Waals surface area contributed by atoms with E-state index in [9.17, 15) is 19.8 Å². The molecular formula is C31H32N2O5. The molecule has 4 aromatic rings. The third-order valence-corrected chi connectivity index (χ3v) is 6.76. The maximum Gasteiger partial charge on any atom is 0.336 e. The quantitative estimate of drug-likeness (QED) is 0.252. The Morgan fingerprint density at radius 3 is 2.34 bits per heavy atom. The molecule has 0 aliphatic heterocycles. The van der Waals surface area contributed by atoms with Crippen molar-refractivity contribution in [3.63, 3.8) is 0 Å². The van der Waals surface area contributed by atoms with E-state index in [-0.39, 0.29) is 29.3 Å². The summed E-state index contributed by atoms with van der Waals surface area (Å²) in [6, 6.07) is 16.7. The van der Waals surface area contributed by atoms with Gasteiger partial charge in [-0.25, -0.2) is 9.59 Å². The number of hydrogen-bond acceptors (Lipinski definition) is 4. The highest BCUT2D eigenvalue weighted by Crippen LogP contribution is 2.36. The van der Waals surface area contributed by atoms with E-state index in [0.29, 0.717) is 23.3 Å². The highest BCUT2D eigenvalue weighted by Gasteiger charge is 2.25. The van der Waals surface area contributed by atoms with Gasteiger partial charge in [-0.15, -0.1) is 0 Å². The van der Waals surface area contributed by atoms with Crippen LogP contribution in [0.5, 0.6) is 5.75 Å². The van der Waals surface area contributed by atoms with Crippen LogP contribution in [0.15, 0.2) is 60.8 Å². The van der Waals surface area contributed by atoms with Gasteiger partial charge in [-0.3, -0.25) is 4.68 Å². The van der Waals surface area contributed by atoms with Gasteiger partial charge in [0.15, 0.2) is 0 Å². The summed E-state index contributed by atoms with van der Waals surface area (Å²) in [6.07, 6.45) is 2.64. The van der Waals surface area contributed by atoms with Gasteiger partial charge in [-0.1, -0.05) is 31.2 Å². The fourth-order valence-corrected chi connectivity index (χ4v) is 4.71. The first-order chi connectivity index (χ1) is 18.1. The van der Waals surface area contributed by atoms with Crippen LogP contribution >= 0.6 is 0 Å². The minimum absolute atomic E-state index is 0.0132. The van der Waals surface area contributed by atoms with Gasteiger partial charge in [0.25, 0.3) is 0 Å². The molecule has 0 aliphatic carbocycles. The molecule has 0 atom stereocenters. The summed E-state index contributed by atoms with van der Waals surface area (Å²) in [5.74, 6) is -1.65. The normalized spacial score (nSPS) is 11.1. The lowest BCUT2D eigenvalue weighted by atomic mass is 9.87. The second-order valence-electron chi connectivity index (χ2n) is 9.63. The molecule has 0 saturated carbocycles. The lowest BCUT2D eigenvalue weighted by Crippen LogP contribution is -2.12. The molecule has 2 N–H and O–H groups in total. The van der Waals surface area contributed by atoms with Crippen LogP contribution in [0.2, 0.25) is 0 Å². The molecule has 38 heavy (non-hydrogen) atoms. The van der Waals surface area contributed by atoms with Crippen LogP contribution in [-0.2, 0) is 13.0 Å². The molecule has 1 heterocycles. The van der Waals surface area contributed by atoms with Crippen molar-refractivity contribution in [2.45, 2.75) is 53.7 Å². The van der Waals surface area contributed by atoms with E-state index in [4.69, 9.17) is 4.74 Å². The van der Waals surface area contributed by atoms with Gasteiger partial charge < -0.3 is 14.9 Å². The monoisotopic (exact) mass is 512 g/mol. The van der Waals surface area contributed by atoms with E-state index >= 15 is 0 Å². The van der Waals surface area contributed by atoms with E-state index in [0.717, 1.165) is 27.9 Å². The zero-order valence-corrected chi connectivity index (χ0v) is 22.3. The second kappa shape index (κ2) is 10.9. The van der Waals surface area contributed by atoms with Gasteiger partial charge >= 0.3 is 11.9 Å². The molecule has 0 saturated heterocycles. The molecule has 3 aromatic carbocycles. The molecule has 0 aliphatic rings. The average molecular weight is 513 g/mol. The molecular weight excluding hydrogens is 480 g/mol. The Kier molecular flexibility index (Phi) is 7.67. The average Bonchev–Trinajstić information content (AvgIpc) is 3.38. The standard InChI is InChI=1S/C31H32N2O5/c1-6-21-8-7-9-23(29-24(30(34)35)12-10-19(4)28(29)31(36)37)25(21)17-38-27-13-11-22(16-20(27)5)26-14-15-33(32-26)18(2)3/h7-16,18H,6,17H2,1-5H3,(H,34,35)(H,36,37). The summed E-state index contributed by atoms with van der Waals surface area (Å²) in [6.45, 7) is 9.97. The zero-order valence-electron chi connectivity index (χ0n) is 22.3. The first-order valence-corrected chi connectivity index (χ1v) is 12.6. The molecule has 4 rings (SSSR count). The summed E-state index contributed by atoms with van der Waals surface area (Å²) < 4.78 is 8.19. The first-order valence-electron chi connectivity index (χ1n) is 12.6. The van der Waals surface area contributed by atoms with E-state index in [2.05, 4.69) is 18.9 Å². The maximum atomic E-state index is 12.2. The van der Waals surface area contributed by atoms with Gasteiger partial charge in [-0.2, -0.15) is 5.10 Å². The zero-order chi connectivity index (χ0) is 27.6. The summed E-state index contributed by atoms with van der Waals surface area (Å²) in [7, 11) is 0. The van der Waals surface area contributed by atoms with Crippen molar-refractivity contribution >= 4 is 11.9 Å². The predicted molar refractivity (Wildman–Crippen MR) is 147 cm³/mol. The number of nitrogens with zero attached hydrogens (tertiary/aromatic N) is 2. The van der Waals surface area contributed by atoms with Gasteiger partial charge in [0.1, 0.15) is 12.4 Å². The summed E-state index contributed by atoms with van der Waals surface area (Å²) >= 11 is 0. The van der Waals surface area contributed by atoms with E-state index < -0.39 is 11.9 Å². The molecule has 0 amide bonds. The molecule has 0 radical (unpaired) electrons. The maximum absolute atomic E-state index is 12.2. The van der Waals surface area contributed by atoms with Crippen LogP contribution in [0.1, 0.15) is 69.8 Å². The van der Waals surface area contributed by atoms with Crippen molar-refractivity contribution in [2.24, 2.45) is 0 Å². The smallest absolute Gasteiger partial charge is 0.336 e. The topological polar surface area (TPSA) is 102 Å². The number of hydrogen-bond donors (Lipinski definition) is 2. The van der Waals surface area contributed by atoms with Crippen LogP contribution in [0.4, 0.5) is 0 Å². The minimum atomic E-state index is -1.18. The molecule has 0 bridgehead atoms. The van der Waals surface area contributed by atoms with Crippen molar-refractivity contribution in [1.82, 2.24) is 9.78 Å². The van der Waals surface area contributed by atoms with Crippen molar-refractivity contribution in [2.75, 3.05) is 0 Å². The number of carboxylic acid groups (broad SMARTS) is 2. The van der Waals surface area contributed by atoms with Gasteiger partial charge in [0.05, 0.1) is 16.8 Å². The highest BCUT2D eigenvalue weighted by molar-refractivity contribution is 6.06. The molecule has 7 heteroatoms. The Labute approximate surface area is 222 Å². The van der Waals surface area contributed by atoms with E-state index in [1.54, 1.807) is 13.0 Å². The lowest BCUT2D eigenvalue weighted by molar-refractivity contribution is 0.0695. The Hall–Kier alpha value is -4.39. The van der Waals surface area contributed by atoms with Gasteiger partial charge in [0.2, 0.25) is 0 Å². The fraction of sp³-hybridized carbons (Fsp3) is 0.258. The highest BCUT2D eigenvalue weighted by atomic mass is 16.5.